The molecule has 0 bridgehead atoms. The van der Waals surface area contributed by atoms with Gasteiger partial charge in [0.2, 0.25) is 0 Å². The fourth-order valence-corrected chi connectivity index (χ4v) is 2.51. The second-order valence-electron chi connectivity index (χ2n) is 5.85. The van der Waals surface area contributed by atoms with Crippen molar-refractivity contribution in [2.45, 2.75) is 31.4 Å². The van der Waals surface area contributed by atoms with Crippen molar-refractivity contribution in [3.8, 4) is 5.75 Å². The number of carbonyl (C=O) groups excluding carboxylic acids is 1. The van der Waals surface area contributed by atoms with Crippen LogP contribution in [0.3, 0.4) is 0 Å². The Morgan fingerprint density at radius 1 is 1.04 bits per heavy atom. The third-order valence-electron chi connectivity index (χ3n) is 4.13. The van der Waals surface area contributed by atoms with Crippen molar-refractivity contribution in [3.05, 3.63) is 65.7 Å². The van der Waals surface area contributed by atoms with Gasteiger partial charge in [-0.05, 0) is 49.1 Å². The molecule has 1 aliphatic carbocycles. The minimum absolute atomic E-state index is 0.277. The van der Waals surface area contributed by atoms with Crippen LogP contribution in [0.2, 0.25) is 0 Å². The maximum Gasteiger partial charge on any atom is 0.330 e. The predicted molar refractivity (Wildman–Crippen MR) is 89.0 cm³/mol. The van der Waals surface area contributed by atoms with E-state index in [-0.39, 0.29) is 6.10 Å². The number of aliphatic carboxylic acids is 1. The van der Waals surface area contributed by atoms with Gasteiger partial charge in [0, 0.05) is 5.56 Å². The van der Waals surface area contributed by atoms with E-state index < -0.39 is 17.9 Å². The first kappa shape index (κ1) is 16.1. The molecular weight excluding hydrogens is 306 g/mol. The molecular formula is C19H19NO4. The first-order chi connectivity index (χ1) is 11.6. The normalized spacial score (nSPS) is 15.2. The molecule has 5 heteroatoms. The lowest BCUT2D eigenvalue weighted by atomic mass is 9.96. The Balaban J connectivity index is 1.67. The first-order valence-corrected chi connectivity index (χ1v) is 7.99. The van der Waals surface area contributed by atoms with Crippen LogP contribution >= 0.6 is 0 Å². The highest BCUT2D eigenvalue weighted by molar-refractivity contribution is 5.96. The second kappa shape index (κ2) is 7.17. The summed E-state index contributed by atoms with van der Waals surface area (Å²) in [5.74, 6) is -0.796. The van der Waals surface area contributed by atoms with Gasteiger partial charge in [-0.2, -0.15) is 0 Å². The van der Waals surface area contributed by atoms with Gasteiger partial charge in [0.25, 0.3) is 5.91 Å². The van der Waals surface area contributed by atoms with Gasteiger partial charge in [-0.15, -0.1) is 0 Å². The molecule has 1 amide bonds. The zero-order valence-corrected chi connectivity index (χ0v) is 13.1. The molecule has 5 nitrogen and oxygen atoms in total. The molecule has 1 aliphatic rings. The number of hydrogen-bond acceptors (Lipinski definition) is 3. The van der Waals surface area contributed by atoms with Crippen LogP contribution in [0.5, 0.6) is 5.75 Å². The molecule has 24 heavy (non-hydrogen) atoms. The number of carboxylic acids is 1. The summed E-state index contributed by atoms with van der Waals surface area (Å²) in [6, 6.07) is 14.3. The average Bonchev–Trinajstić information content (AvgIpc) is 2.57. The molecule has 1 saturated carbocycles. The third kappa shape index (κ3) is 3.74. The van der Waals surface area contributed by atoms with E-state index in [4.69, 9.17) is 4.74 Å². The van der Waals surface area contributed by atoms with Gasteiger partial charge in [-0.1, -0.05) is 30.3 Å². The number of ether oxygens (including phenoxy) is 1. The highest BCUT2D eigenvalue weighted by Crippen LogP contribution is 2.25. The van der Waals surface area contributed by atoms with Crippen LogP contribution in [0.15, 0.2) is 54.6 Å². The summed E-state index contributed by atoms with van der Waals surface area (Å²) in [7, 11) is 0. The van der Waals surface area contributed by atoms with Crippen molar-refractivity contribution in [2.75, 3.05) is 0 Å². The number of rotatable bonds is 6. The smallest absolute Gasteiger partial charge is 0.330 e. The van der Waals surface area contributed by atoms with Crippen LogP contribution in [0.1, 0.15) is 41.2 Å². The molecule has 3 rings (SSSR count). The monoisotopic (exact) mass is 325 g/mol. The summed E-state index contributed by atoms with van der Waals surface area (Å²) in [6.45, 7) is 0. The van der Waals surface area contributed by atoms with Gasteiger partial charge in [0.15, 0.2) is 6.04 Å². The van der Waals surface area contributed by atoms with Crippen molar-refractivity contribution < 1.29 is 19.4 Å². The van der Waals surface area contributed by atoms with E-state index in [2.05, 4.69) is 5.32 Å². The van der Waals surface area contributed by atoms with Crippen LogP contribution in [0, 0.1) is 0 Å². The van der Waals surface area contributed by atoms with Crippen LogP contribution in [-0.2, 0) is 4.79 Å². The predicted octanol–water partition coefficient (Wildman–Crippen LogP) is 3.17. The Morgan fingerprint density at radius 3 is 2.25 bits per heavy atom. The summed E-state index contributed by atoms with van der Waals surface area (Å²) >= 11 is 0. The van der Waals surface area contributed by atoms with E-state index >= 15 is 0 Å². The fraction of sp³-hybridized carbons (Fsp3) is 0.263. The molecule has 1 fully saturated rings. The molecule has 1 unspecified atom stereocenters. The molecule has 0 aromatic heterocycles. The number of carbonyl (C=O) groups is 2. The molecule has 1 atom stereocenters. The third-order valence-corrected chi connectivity index (χ3v) is 4.13. The number of amides is 1. The minimum atomic E-state index is -1.10. The highest BCUT2D eigenvalue weighted by Gasteiger charge is 2.23. The van der Waals surface area contributed by atoms with Gasteiger partial charge in [0.05, 0.1) is 6.10 Å². The molecule has 0 saturated heterocycles. The molecule has 0 aliphatic heterocycles. The second-order valence-corrected chi connectivity index (χ2v) is 5.85. The summed E-state index contributed by atoms with van der Waals surface area (Å²) in [6.07, 6.45) is 3.61. The van der Waals surface area contributed by atoms with Crippen LogP contribution < -0.4 is 10.1 Å². The zero-order chi connectivity index (χ0) is 16.9. The van der Waals surface area contributed by atoms with Crippen molar-refractivity contribution in [2.24, 2.45) is 0 Å². The largest absolute Gasteiger partial charge is 0.490 e. The van der Waals surface area contributed by atoms with Crippen molar-refractivity contribution in [3.63, 3.8) is 0 Å². The SMILES string of the molecule is O=C(NC(C(=O)O)c1ccccc1)c1ccc(OC2CCC2)cc1. The Morgan fingerprint density at radius 2 is 1.71 bits per heavy atom. The lowest BCUT2D eigenvalue weighted by Crippen LogP contribution is -2.33. The lowest BCUT2D eigenvalue weighted by molar-refractivity contribution is -0.139. The molecule has 0 spiro atoms. The quantitative estimate of drug-likeness (QED) is 0.855. The zero-order valence-electron chi connectivity index (χ0n) is 13.1. The molecule has 0 heterocycles. The standard InChI is InChI=1S/C19H19NO4/c21-18(20-17(19(22)23)13-5-2-1-3-6-13)14-9-11-16(12-10-14)24-15-7-4-8-15/h1-3,5-6,9-12,15,17H,4,7-8H2,(H,20,21)(H,22,23). The van der Waals surface area contributed by atoms with Gasteiger partial charge in [-0.25, -0.2) is 4.79 Å². The molecule has 0 radical (unpaired) electrons. The van der Waals surface area contributed by atoms with Crippen LogP contribution in [0.25, 0.3) is 0 Å². The van der Waals surface area contributed by atoms with Gasteiger partial charge in [-0.3, -0.25) is 4.79 Å². The van der Waals surface area contributed by atoms with E-state index in [1.165, 1.54) is 6.42 Å². The molecule has 124 valence electrons. The van der Waals surface area contributed by atoms with Crippen LogP contribution in [-0.4, -0.2) is 23.1 Å². The summed E-state index contributed by atoms with van der Waals surface area (Å²) < 4.78 is 5.75. The average molecular weight is 325 g/mol. The Hall–Kier alpha value is -2.82. The van der Waals surface area contributed by atoms with Crippen molar-refractivity contribution >= 4 is 11.9 Å². The number of hydrogen-bond donors (Lipinski definition) is 2. The minimum Gasteiger partial charge on any atom is -0.490 e. The van der Waals surface area contributed by atoms with Crippen LogP contribution in [0.4, 0.5) is 0 Å². The number of nitrogens with one attached hydrogen (secondary N) is 1. The topological polar surface area (TPSA) is 75.6 Å². The summed E-state index contributed by atoms with van der Waals surface area (Å²) in [5.41, 5.74) is 0.932. The van der Waals surface area contributed by atoms with E-state index in [1.54, 1.807) is 54.6 Å². The molecule has 2 aromatic carbocycles. The van der Waals surface area contributed by atoms with E-state index in [1.807, 2.05) is 0 Å². The van der Waals surface area contributed by atoms with E-state index in [9.17, 15) is 14.7 Å². The van der Waals surface area contributed by atoms with E-state index in [0.29, 0.717) is 11.1 Å². The Bertz CT molecular complexity index is 708. The Kier molecular flexibility index (Phi) is 4.79. The van der Waals surface area contributed by atoms with Crippen molar-refractivity contribution in [1.29, 1.82) is 0 Å². The maximum absolute atomic E-state index is 12.3. The van der Waals surface area contributed by atoms with Gasteiger partial charge < -0.3 is 15.2 Å². The lowest BCUT2D eigenvalue weighted by Gasteiger charge is -2.26. The number of carboxylic acid groups (broad SMARTS) is 1. The van der Waals surface area contributed by atoms with E-state index in [0.717, 1.165) is 18.6 Å². The summed E-state index contributed by atoms with van der Waals surface area (Å²) in [5, 5.41) is 11.9. The fourth-order valence-electron chi connectivity index (χ4n) is 2.51. The molecule has 2 aromatic rings. The maximum atomic E-state index is 12.3. The van der Waals surface area contributed by atoms with Crippen molar-refractivity contribution in [1.82, 2.24) is 5.32 Å². The Labute approximate surface area is 140 Å². The van der Waals surface area contributed by atoms with Gasteiger partial charge >= 0.3 is 5.97 Å². The molecule has 2 N–H and O–H groups in total. The number of benzene rings is 2. The summed E-state index contributed by atoms with van der Waals surface area (Å²) in [4.78, 5) is 23.8. The first-order valence-electron chi connectivity index (χ1n) is 7.99. The highest BCUT2D eigenvalue weighted by atomic mass is 16.5. The van der Waals surface area contributed by atoms with Gasteiger partial charge in [0.1, 0.15) is 5.75 Å².